The third-order valence-corrected chi connectivity index (χ3v) is 2.78. The molecule has 0 aliphatic rings. The predicted octanol–water partition coefficient (Wildman–Crippen LogP) is 0.273. The molecule has 0 atom stereocenters. The van der Waals surface area contributed by atoms with Crippen molar-refractivity contribution in [1.29, 1.82) is 0 Å². The summed E-state index contributed by atoms with van der Waals surface area (Å²) in [4.78, 5) is 16.2. The van der Waals surface area contributed by atoms with E-state index in [-0.39, 0.29) is 5.91 Å². The van der Waals surface area contributed by atoms with E-state index in [1.54, 1.807) is 20.2 Å². The summed E-state index contributed by atoms with van der Waals surface area (Å²) in [7, 11) is 3.49. The highest BCUT2D eigenvalue weighted by atomic mass is 32.1. The Hall–Kier alpha value is -1.56. The lowest BCUT2D eigenvalue weighted by atomic mass is 10.4. The van der Waals surface area contributed by atoms with Crippen LogP contribution in [0, 0.1) is 0 Å². The number of thiophene rings is 1. The number of nitrogens with zero attached hydrogens (tertiary/aromatic N) is 1. The Balaban J connectivity index is 2.19. The molecule has 0 fully saturated rings. The number of guanidine groups is 1. The lowest BCUT2D eigenvalue weighted by Crippen LogP contribution is -2.39. The topological polar surface area (TPSA) is 65.5 Å². The van der Waals surface area contributed by atoms with Gasteiger partial charge in [-0.25, -0.2) is 0 Å². The lowest BCUT2D eigenvalue weighted by Gasteiger charge is -2.08. The molecule has 0 spiro atoms. The molecule has 1 amide bonds. The highest BCUT2D eigenvalue weighted by Crippen LogP contribution is 2.07. The van der Waals surface area contributed by atoms with Gasteiger partial charge in [-0.05, 0) is 11.4 Å². The fraction of sp³-hybridized carbons (Fsp3) is 0.400. The number of hydrogen-bond donors (Lipinski definition) is 3. The van der Waals surface area contributed by atoms with Gasteiger partial charge in [0, 0.05) is 27.2 Å². The average molecular weight is 240 g/mol. The lowest BCUT2D eigenvalue weighted by molar-refractivity contribution is 0.0958. The average Bonchev–Trinajstić information content (AvgIpc) is 2.82. The van der Waals surface area contributed by atoms with Crippen LogP contribution < -0.4 is 16.0 Å². The monoisotopic (exact) mass is 240 g/mol. The SMILES string of the molecule is CN=C(NC)NCCNC(=O)c1cccs1. The molecule has 0 saturated carbocycles. The van der Waals surface area contributed by atoms with E-state index in [0.717, 1.165) is 4.88 Å². The Kier molecular flexibility index (Phi) is 5.35. The van der Waals surface area contributed by atoms with Crippen molar-refractivity contribution in [3.63, 3.8) is 0 Å². The highest BCUT2D eigenvalue weighted by Gasteiger charge is 2.04. The van der Waals surface area contributed by atoms with Crippen LogP contribution in [-0.2, 0) is 0 Å². The van der Waals surface area contributed by atoms with Crippen molar-refractivity contribution < 1.29 is 4.79 Å². The van der Waals surface area contributed by atoms with Crippen LogP contribution in [0.4, 0.5) is 0 Å². The van der Waals surface area contributed by atoms with Crippen LogP contribution in [0.15, 0.2) is 22.5 Å². The first-order valence-corrected chi connectivity index (χ1v) is 5.86. The molecule has 16 heavy (non-hydrogen) atoms. The molecule has 0 bridgehead atoms. The molecule has 0 aliphatic heterocycles. The molecule has 3 N–H and O–H groups in total. The second-order valence-corrected chi connectivity index (χ2v) is 3.93. The van der Waals surface area contributed by atoms with Crippen LogP contribution in [0.5, 0.6) is 0 Å². The van der Waals surface area contributed by atoms with Crippen LogP contribution in [0.3, 0.4) is 0 Å². The predicted molar refractivity (Wildman–Crippen MR) is 67.1 cm³/mol. The minimum Gasteiger partial charge on any atom is -0.359 e. The van der Waals surface area contributed by atoms with E-state index in [1.165, 1.54) is 11.3 Å². The van der Waals surface area contributed by atoms with Gasteiger partial charge in [0.25, 0.3) is 5.91 Å². The van der Waals surface area contributed by atoms with Gasteiger partial charge >= 0.3 is 0 Å². The largest absolute Gasteiger partial charge is 0.359 e. The van der Waals surface area contributed by atoms with Gasteiger partial charge in [0.05, 0.1) is 4.88 Å². The quantitative estimate of drug-likeness (QED) is 0.402. The molecule has 5 nitrogen and oxygen atoms in total. The second-order valence-electron chi connectivity index (χ2n) is 2.98. The second kappa shape index (κ2) is 6.84. The van der Waals surface area contributed by atoms with Gasteiger partial charge in [0.2, 0.25) is 0 Å². The number of carbonyl (C=O) groups excluding carboxylic acids is 1. The molecule has 1 aromatic rings. The van der Waals surface area contributed by atoms with Gasteiger partial charge in [-0.2, -0.15) is 0 Å². The van der Waals surface area contributed by atoms with E-state index in [1.807, 2.05) is 11.4 Å². The zero-order chi connectivity index (χ0) is 11.8. The van der Waals surface area contributed by atoms with Crippen molar-refractivity contribution in [3.05, 3.63) is 22.4 Å². The summed E-state index contributed by atoms with van der Waals surface area (Å²) in [6.45, 7) is 1.21. The minimum atomic E-state index is -0.0313. The third kappa shape index (κ3) is 3.90. The first-order valence-electron chi connectivity index (χ1n) is 4.98. The van der Waals surface area contributed by atoms with Crippen LogP contribution >= 0.6 is 11.3 Å². The molecular weight excluding hydrogens is 224 g/mol. The van der Waals surface area contributed by atoms with E-state index in [4.69, 9.17) is 0 Å². The summed E-state index contributed by atoms with van der Waals surface area (Å²) >= 11 is 1.44. The Bertz CT molecular complexity index is 348. The Morgan fingerprint density at radius 3 is 2.75 bits per heavy atom. The van der Waals surface area contributed by atoms with Crippen LogP contribution in [0.2, 0.25) is 0 Å². The number of aliphatic imine (C=N–C) groups is 1. The van der Waals surface area contributed by atoms with E-state index in [2.05, 4.69) is 20.9 Å². The van der Waals surface area contributed by atoms with Crippen molar-refractivity contribution >= 4 is 23.2 Å². The Labute approximate surface area is 99.0 Å². The van der Waals surface area contributed by atoms with E-state index >= 15 is 0 Å². The molecule has 0 aromatic carbocycles. The van der Waals surface area contributed by atoms with E-state index in [9.17, 15) is 4.79 Å². The number of hydrogen-bond acceptors (Lipinski definition) is 3. The van der Waals surface area contributed by atoms with Crippen LogP contribution in [-0.4, -0.2) is 39.1 Å². The summed E-state index contributed by atoms with van der Waals surface area (Å²) in [5, 5.41) is 10.6. The van der Waals surface area contributed by atoms with Gasteiger partial charge in [-0.15, -0.1) is 11.3 Å². The Morgan fingerprint density at radius 2 is 2.19 bits per heavy atom. The van der Waals surface area contributed by atoms with Crippen molar-refractivity contribution in [3.8, 4) is 0 Å². The molecule has 1 rings (SSSR count). The van der Waals surface area contributed by atoms with Gasteiger partial charge < -0.3 is 16.0 Å². The molecule has 1 heterocycles. The molecule has 0 aliphatic carbocycles. The van der Waals surface area contributed by atoms with Gasteiger partial charge in [-0.3, -0.25) is 9.79 Å². The first kappa shape index (κ1) is 12.5. The molecule has 88 valence electrons. The molecule has 0 radical (unpaired) electrons. The smallest absolute Gasteiger partial charge is 0.261 e. The molecule has 1 aromatic heterocycles. The van der Waals surface area contributed by atoms with E-state index in [0.29, 0.717) is 19.0 Å². The van der Waals surface area contributed by atoms with Crippen LogP contribution in [0.1, 0.15) is 9.67 Å². The van der Waals surface area contributed by atoms with Gasteiger partial charge in [-0.1, -0.05) is 6.07 Å². The number of carbonyl (C=O) groups is 1. The minimum absolute atomic E-state index is 0.0313. The van der Waals surface area contributed by atoms with Gasteiger partial charge in [0.1, 0.15) is 0 Å². The third-order valence-electron chi connectivity index (χ3n) is 1.91. The Morgan fingerprint density at radius 1 is 1.44 bits per heavy atom. The van der Waals surface area contributed by atoms with Crippen molar-refractivity contribution in [2.75, 3.05) is 27.2 Å². The molecule has 0 unspecified atom stereocenters. The normalized spacial score (nSPS) is 11.0. The maximum absolute atomic E-state index is 11.5. The van der Waals surface area contributed by atoms with Crippen molar-refractivity contribution in [2.24, 2.45) is 4.99 Å². The summed E-state index contributed by atoms with van der Waals surface area (Å²) in [5.74, 6) is 0.682. The zero-order valence-corrected chi connectivity index (χ0v) is 10.2. The van der Waals surface area contributed by atoms with Crippen molar-refractivity contribution in [1.82, 2.24) is 16.0 Å². The fourth-order valence-corrected chi connectivity index (χ4v) is 1.77. The standard InChI is InChI=1S/C10H16N4OS/c1-11-10(12-2)14-6-5-13-9(15)8-4-3-7-16-8/h3-4,7H,5-6H2,1-2H3,(H,13,15)(H2,11,12,14). The highest BCUT2D eigenvalue weighted by molar-refractivity contribution is 7.12. The van der Waals surface area contributed by atoms with Gasteiger partial charge in [0.15, 0.2) is 5.96 Å². The zero-order valence-electron chi connectivity index (χ0n) is 9.41. The fourth-order valence-electron chi connectivity index (χ4n) is 1.13. The number of nitrogens with one attached hydrogen (secondary N) is 3. The maximum atomic E-state index is 11.5. The molecule has 6 heteroatoms. The molecular formula is C10H16N4OS. The maximum Gasteiger partial charge on any atom is 0.261 e. The van der Waals surface area contributed by atoms with Crippen LogP contribution in [0.25, 0.3) is 0 Å². The summed E-state index contributed by atoms with van der Waals surface area (Å²) < 4.78 is 0. The summed E-state index contributed by atoms with van der Waals surface area (Å²) in [6.07, 6.45) is 0. The summed E-state index contributed by atoms with van der Waals surface area (Å²) in [6, 6.07) is 3.67. The number of rotatable bonds is 4. The molecule has 0 saturated heterocycles. The summed E-state index contributed by atoms with van der Waals surface area (Å²) in [5.41, 5.74) is 0. The van der Waals surface area contributed by atoms with Crippen molar-refractivity contribution in [2.45, 2.75) is 0 Å². The van der Waals surface area contributed by atoms with E-state index < -0.39 is 0 Å². The number of amides is 1. The first-order chi connectivity index (χ1) is 7.77.